The zero-order valence-electron chi connectivity index (χ0n) is 11.8. The van der Waals surface area contributed by atoms with Crippen LogP contribution in [0.4, 0.5) is 11.4 Å². The van der Waals surface area contributed by atoms with E-state index in [0.29, 0.717) is 11.4 Å². The Hall–Kier alpha value is -2.36. The Bertz CT molecular complexity index is 618. The number of carbonyl (C=O) groups excluding carboxylic acids is 1. The summed E-state index contributed by atoms with van der Waals surface area (Å²) in [5.74, 6) is 0.0990. The standard InChI is InChI=1S/C16H19N3O/c1-16(2,12-3-5-13(17)6-4-12)15(20)9-11-10-19-8-7-14(11)18/h3-8,10H,9,17H2,1-2H3,(H2,18,19). The number of Topliss-reactive ketones (excluding diaryl/α,β-unsaturated/α-hetero) is 1. The second-order valence-electron chi connectivity index (χ2n) is 5.42. The van der Waals surface area contributed by atoms with E-state index < -0.39 is 5.41 Å². The van der Waals surface area contributed by atoms with Gasteiger partial charge >= 0.3 is 0 Å². The topological polar surface area (TPSA) is 82.0 Å². The Balaban J connectivity index is 2.23. The van der Waals surface area contributed by atoms with Gasteiger partial charge in [-0.3, -0.25) is 9.78 Å². The third kappa shape index (κ3) is 2.79. The van der Waals surface area contributed by atoms with E-state index in [1.807, 2.05) is 38.1 Å². The van der Waals surface area contributed by atoms with Gasteiger partial charge in [0.15, 0.2) is 0 Å². The minimum atomic E-state index is -0.587. The largest absolute Gasteiger partial charge is 0.399 e. The molecular weight excluding hydrogens is 250 g/mol. The number of anilines is 2. The predicted molar refractivity (Wildman–Crippen MR) is 81.2 cm³/mol. The van der Waals surface area contributed by atoms with Crippen LogP contribution in [-0.2, 0) is 16.6 Å². The normalized spacial score (nSPS) is 11.3. The lowest BCUT2D eigenvalue weighted by Crippen LogP contribution is -2.30. The van der Waals surface area contributed by atoms with E-state index in [0.717, 1.165) is 11.1 Å². The molecule has 0 aliphatic rings. The van der Waals surface area contributed by atoms with Crippen LogP contribution in [-0.4, -0.2) is 10.8 Å². The number of benzene rings is 1. The Labute approximate surface area is 118 Å². The Kier molecular flexibility index (Phi) is 3.74. The number of rotatable bonds is 4. The average Bonchev–Trinajstić information content (AvgIpc) is 2.41. The minimum Gasteiger partial charge on any atom is -0.399 e. The molecule has 2 rings (SSSR count). The molecule has 0 aliphatic heterocycles. The molecule has 0 fully saturated rings. The first kappa shape index (κ1) is 14.1. The van der Waals surface area contributed by atoms with E-state index in [-0.39, 0.29) is 12.2 Å². The minimum absolute atomic E-state index is 0.0990. The highest BCUT2D eigenvalue weighted by molar-refractivity contribution is 5.91. The van der Waals surface area contributed by atoms with Gasteiger partial charge in [0, 0.05) is 41.2 Å². The highest BCUT2D eigenvalue weighted by Crippen LogP contribution is 2.27. The molecule has 0 saturated heterocycles. The third-order valence-electron chi connectivity index (χ3n) is 3.62. The summed E-state index contributed by atoms with van der Waals surface area (Å²) < 4.78 is 0. The van der Waals surface area contributed by atoms with Crippen molar-refractivity contribution in [1.82, 2.24) is 4.98 Å². The summed E-state index contributed by atoms with van der Waals surface area (Å²) in [5.41, 5.74) is 13.9. The number of ketones is 1. The van der Waals surface area contributed by atoms with Gasteiger partial charge < -0.3 is 11.5 Å². The maximum atomic E-state index is 12.6. The van der Waals surface area contributed by atoms with E-state index in [1.165, 1.54) is 0 Å². The average molecular weight is 269 g/mol. The van der Waals surface area contributed by atoms with E-state index in [1.54, 1.807) is 18.5 Å². The predicted octanol–water partition coefficient (Wildman–Crippen LogP) is 2.34. The number of nitrogens with two attached hydrogens (primary N) is 2. The summed E-state index contributed by atoms with van der Waals surface area (Å²) in [4.78, 5) is 16.6. The van der Waals surface area contributed by atoms with Crippen molar-refractivity contribution in [1.29, 1.82) is 0 Å². The highest BCUT2D eigenvalue weighted by Gasteiger charge is 2.29. The van der Waals surface area contributed by atoms with Crippen molar-refractivity contribution in [3.8, 4) is 0 Å². The first-order chi connectivity index (χ1) is 9.41. The first-order valence-corrected chi connectivity index (χ1v) is 6.49. The highest BCUT2D eigenvalue weighted by atomic mass is 16.1. The summed E-state index contributed by atoms with van der Waals surface area (Å²) in [6, 6.07) is 9.10. The van der Waals surface area contributed by atoms with Crippen molar-refractivity contribution in [2.24, 2.45) is 0 Å². The summed E-state index contributed by atoms with van der Waals surface area (Å²) in [6.07, 6.45) is 3.54. The maximum absolute atomic E-state index is 12.6. The van der Waals surface area contributed by atoms with Crippen LogP contribution < -0.4 is 11.5 Å². The molecule has 2 aromatic rings. The lowest BCUT2D eigenvalue weighted by molar-refractivity contribution is -0.122. The van der Waals surface area contributed by atoms with Crippen LogP contribution >= 0.6 is 0 Å². The Morgan fingerprint density at radius 2 is 1.80 bits per heavy atom. The summed E-state index contributed by atoms with van der Waals surface area (Å²) in [6.45, 7) is 3.82. The molecule has 0 radical (unpaired) electrons. The van der Waals surface area contributed by atoms with Crippen molar-refractivity contribution in [3.63, 3.8) is 0 Å². The van der Waals surface area contributed by atoms with Gasteiger partial charge in [0.1, 0.15) is 5.78 Å². The zero-order valence-corrected chi connectivity index (χ0v) is 11.8. The molecule has 1 aromatic heterocycles. The molecule has 0 saturated carbocycles. The van der Waals surface area contributed by atoms with Crippen LogP contribution in [0, 0.1) is 0 Å². The number of hydrogen-bond acceptors (Lipinski definition) is 4. The van der Waals surface area contributed by atoms with E-state index in [2.05, 4.69) is 4.98 Å². The van der Waals surface area contributed by atoms with Crippen LogP contribution in [0.3, 0.4) is 0 Å². The lowest BCUT2D eigenvalue weighted by Gasteiger charge is -2.24. The van der Waals surface area contributed by atoms with Crippen molar-refractivity contribution >= 4 is 17.2 Å². The van der Waals surface area contributed by atoms with Crippen LogP contribution in [0.15, 0.2) is 42.7 Å². The van der Waals surface area contributed by atoms with Crippen molar-refractivity contribution in [2.45, 2.75) is 25.7 Å². The monoisotopic (exact) mass is 269 g/mol. The summed E-state index contributed by atoms with van der Waals surface area (Å²) in [7, 11) is 0. The fraction of sp³-hybridized carbons (Fsp3) is 0.250. The Morgan fingerprint density at radius 1 is 1.15 bits per heavy atom. The van der Waals surface area contributed by atoms with Gasteiger partial charge in [0.05, 0.1) is 0 Å². The molecule has 4 heteroatoms. The molecule has 0 bridgehead atoms. The number of aromatic nitrogens is 1. The molecule has 4 N–H and O–H groups in total. The molecular formula is C16H19N3O. The van der Waals surface area contributed by atoms with Crippen molar-refractivity contribution < 1.29 is 4.79 Å². The molecule has 0 aliphatic carbocycles. The van der Waals surface area contributed by atoms with Gasteiger partial charge in [-0.15, -0.1) is 0 Å². The molecule has 0 atom stereocenters. The molecule has 0 unspecified atom stereocenters. The fourth-order valence-corrected chi connectivity index (χ4v) is 2.04. The van der Waals surface area contributed by atoms with E-state index in [9.17, 15) is 4.79 Å². The van der Waals surface area contributed by atoms with Gasteiger partial charge in [-0.25, -0.2) is 0 Å². The number of nitrogens with zero attached hydrogens (tertiary/aromatic N) is 1. The maximum Gasteiger partial charge on any atom is 0.147 e. The first-order valence-electron chi connectivity index (χ1n) is 6.49. The van der Waals surface area contributed by atoms with Gasteiger partial charge in [0.25, 0.3) is 0 Å². The number of pyridine rings is 1. The lowest BCUT2D eigenvalue weighted by atomic mass is 9.78. The molecule has 0 amide bonds. The van der Waals surface area contributed by atoms with Gasteiger partial charge in [-0.05, 0) is 37.6 Å². The molecule has 20 heavy (non-hydrogen) atoms. The van der Waals surface area contributed by atoms with Crippen molar-refractivity contribution in [2.75, 3.05) is 11.5 Å². The van der Waals surface area contributed by atoms with Crippen LogP contribution in [0.1, 0.15) is 25.0 Å². The summed E-state index contributed by atoms with van der Waals surface area (Å²) in [5, 5.41) is 0. The molecule has 104 valence electrons. The molecule has 1 heterocycles. The molecule has 0 spiro atoms. The van der Waals surface area contributed by atoms with Gasteiger partial charge in [0.2, 0.25) is 0 Å². The van der Waals surface area contributed by atoms with Crippen LogP contribution in [0.2, 0.25) is 0 Å². The fourth-order valence-electron chi connectivity index (χ4n) is 2.04. The number of hydrogen-bond donors (Lipinski definition) is 2. The Morgan fingerprint density at radius 3 is 2.40 bits per heavy atom. The van der Waals surface area contributed by atoms with Gasteiger partial charge in [-0.1, -0.05) is 12.1 Å². The van der Waals surface area contributed by atoms with Gasteiger partial charge in [-0.2, -0.15) is 0 Å². The van der Waals surface area contributed by atoms with E-state index in [4.69, 9.17) is 11.5 Å². The van der Waals surface area contributed by atoms with E-state index >= 15 is 0 Å². The third-order valence-corrected chi connectivity index (χ3v) is 3.62. The molecule has 4 nitrogen and oxygen atoms in total. The van der Waals surface area contributed by atoms with Crippen LogP contribution in [0.25, 0.3) is 0 Å². The zero-order chi connectivity index (χ0) is 14.8. The SMILES string of the molecule is CC(C)(C(=O)Cc1cnccc1N)c1ccc(N)cc1. The number of nitrogen functional groups attached to an aromatic ring is 2. The quantitative estimate of drug-likeness (QED) is 0.835. The molecule has 1 aromatic carbocycles. The van der Waals surface area contributed by atoms with Crippen molar-refractivity contribution in [3.05, 3.63) is 53.9 Å². The smallest absolute Gasteiger partial charge is 0.147 e. The second-order valence-corrected chi connectivity index (χ2v) is 5.42. The second kappa shape index (κ2) is 5.33. The number of carbonyl (C=O) groups is 1. The van der Waals surface area contributed by atoms with Crippen LogP contribution in [0.5, 0.6) is 0 Å². The summed E-state index contributed by atoms with van der Waals surface area (Å²) >= 11 is 0.